The van der Waals surface area contributed by atoms with Gasteiger partial charge in [-0.15, -0.1) is 22.7 Å². The highest BCUT2D eigenvalue weighted by atomic mass is 35.5. The number of anilines is 2. The zero-order chi connectivity index (χ0) is 13.1. The molecule has 3 aromatic rings. The van der Waals surface area contributed by atoms with Gasteiger partial charge in [-0.05, 0) is 0 Å². The van der Waals surface area contributed by atoms with Crippen LogP contribution in [0.3, 0.4) is 0 Å². The summed E-state index contributed by atoms with van der Waals surface area (Å²) in [5, 5.41) is 9.46. The van der Waals surface area contributed by atoms with E-state index in [1.165, 1.54) is 11.3 Å². The maximum atomic E-state index is 6.00. The van der Waals surface area contributed by atoms with Crippen molar-refractivity contribution in [1.82, 2.24) is 9.97 Å². The molecule has 3 heterocycles. The highest BCUT2D eigenvalue weighted by Crippen LogP contribution is 2.38. The molecule has 0 bridgehead atoms. The van der Waals surface area contributed by atoms with Gasteiger partial charge in [-0.2, -0.15) is 0 Å². The van der Waals surface area contributed by atoms with E-state index in [0.717, 1.165) is 11.0 Å². The van der Waals surface area contributed by atoms with E-state index in [1.54, 1.807) is 16.7 Å². The third-order valence-corrected chi connectivity index (χ3v) is 4.45. The summed E-state index contributed by atoms with van der Waals surface area (Å²) < 4.78 is 0.629. The number of thiophene rings is 2. The van der Waals surface area contributed by atoms with Gasteiger partial charge in [-0.25, -0.2) is 4.98 Å². The first-order valence-corrected chi connectivity index (χ1v) is 7.93. The van der Waals surface area contributed by atoms with Crippen molar-refractivity contribution < 1.29 is 0 Å². The molecule has 2 N–H and O–H groups in total. The van der Waals surface area contributed by atoms with Crippen LogP contribution in [0.15, 0.2) is 16.1 Å². The highest BCUT2D eigenvalue weighted by molar-refractivity contribution is 7.15. The average Bonchev–Trinajstić information content (AvgIpc) is 3.02. The second-order valence-electron chi connectivity index (χ2n) is 3.11. The number of aromatic amines is 1. The lowest BCUT2D eigenvalue weighted by molar-refractivity contribution is 1.32. The van der Waals surface area contributed by atoms with Crippen molar-refractivity contribution in [3.8, 4) is 0 Å². The number of hydrogen-bond donors (Lipinski definition) is 2. The summed E-state index contributed by atoms with van der Waals surface area (Å²) in [5.74, 6) is 0.653. The number of fused-ring (bicyclic) bond motifs is 1. The molecule has 0 aromatic carbocycles. The molecule has 96 valence electrons. The Labute approximate surface area is 123 Å². The Bertz CT molecular complexity index is 594. The van der Waals surface area contributed by atoms with Crippen molar-refractivity contribution in [3.63, 3.8) is 0 Å². The van der Waals surface area contributed by atoms with Crippen LogP contribution in [0.5, 0.6) is 0 Å². The summed E-state index contributed by atoms with van der Waals surface area (Å²) in [7, 11) is 0. The summed E-state index contributed by atoms with van der Waals surface area (Å²) in [6.07, 6.45) is 0. The second-order valence-corrected chi connectivity index (χ2v) is 5.75. The maximum Gasteiger partial charge on any atom is 0.205 e. The lowest BCUT2D eigenvalue weighted by Gasteiger charge is -2.00. The van der Waals surface area contributed by atoms with Crippen LogP contribution < -0.4 is 5.32 Å². The monoisotopic (exact) mass is 319 g/mol. The predicted octanol–water partition coefficient (Wildman–Crippen LogP) is 5.76. The topological polar surface area (TPSA) is 40.7 Å². The second kappa shape index (κ2) is 5.93. The molecule has 0 saturated carbocycles. The first-order valence-electron chi connectivity index (χ1n) is 5.35. The molecular formula is C11H11Cl2N3S2. The largest absolute Gasteiger partial charge is 0.323 e. The molecule has 0 saturated heterocycles. The van der Waals surface area contributed by atoms with Gasteiger partial charge >= 0.3 is 0 Å². The Kier molecular flexibility index (Phi) is 4.50. The highest BCUT2D eigenvalue weighted by Gasteiger charge is 2.10. The van der Waals surface area contributed by atoms with E-state index < -0.39 is 0 Å². The summed E-state index contributed by atoms with van der Waals surface area (Å²) in [6, 6.07) is 0. The van der Waals surface area contributed by atoms with E-state index in [-0.39, 0.29) is 0 Å². The SMILES string of the molecule is CC.Clc1csc(Cl)c1Nc1nc2cscc2[nH]1. The molecule has 0 aliphatic carbocycles. The van der Waals surface area contributed by atoms with E-state index in [4.69, 9.17) is 23.2 Å². The van der Waals surface area contributed by atoms with Crippen molar-refractivity contribution >= 4 is 68.5 Å². The van der Waals surface area contributed by atoms with Crippen LogP contribution in [0.2, 0.25) is 9.36 Å². The van der Waals surface area contributed by atoms with Gasteiger partial charge in [-0.1, -0.05) is 37.0 Å². The number of imidazole rings is 1. The van der Waals surface area contributed by atoms with Crippen molar-refractivity contribution in [2.45, 2.75) is 13.8 Å². The van der Waals surface area contributed by atoms with Crippen molar-refractivity contribution in [2.75, 3.05) is 5.32 Å². The number of rotatable bonds is 2. The zero-order valence-electron chi connectivity index (χ0n) is 9.75. The van der Waals surface area contributed by atoms with Crippen molar-refractivity contribution in [2.24, 2.45) is 0 Å². The molecule has 18 heavy (non-hydrogen) atoms. The number of hydrogen-bond acceptors (Lipinski definition) is 4. The van der Waals surface area contributed by atoms with Crippen LogP contribution >= 0.6 is 45.9 Å². The molecule has 3 nitrogen and oxygen atoms in total. The summed E-state index contributed by atoms with van der Waals surface area (Å²) in [5.41, 5.74) is 2.65. The minimum atomic E-state index is 0.605. The van der Waals surface area contributed by atoms with E-state index >= 15 is 0 Å². The Hall–Kier alpha value is -0.750. The summed E-state index contributed by atoms with van der Waals surface area (Å²) in [6.45, 7) is 4.00. The molecule has 0 atom stereocenters. The molecule has 0 aliphatic heterocycles. The van der Waals surface area contributed by atoms with Gasteiger partial charge in [0.05, 0.1) is 16.2 Å². The van der Waals surface area contributed by atoms with E-state index in [9.17, 15) is 0 Å². The number of nitrogens with zero attached hydrogens (tertiary/aromatic N) is 1. The van der Waals surface area contributed by atoms with Crippen LogP contribution in [0.25, 0.3) is 11.0 Å². The first kappa shape index (κ1) is 13.7. The van der Waals surface area contributed by atoms with Crippen molar-refractivity contribution in [3.05, 3.63) is 25.5 Å². The number of nitrogens with one attached hydrogen (secondary N) is 2. The normalized spacial score (nSPS) is 10.2. The third kappa shape index (κ3) is 2.64. The average molecular weight is 320 g/mol. The maximum absolute atomic E-state index is 6.00. The quantitative estimate of drug-likeness (QED) is 0.630. The van der Waals surface area contributed by atoms with E-state index in [1.807, 2.05) is 24.6 Å². The van der Waals surface area contributed by atoms with Gasteiger partial charge in [-0.3, -0.25) is 0 Å². The molecule has 0 aliphatic rings. The molecule has 3 aromatic heterocycles. The summed E-state index contributed by atoms with van der Waals surface area (Å²) >= 11 is 15.0. The summed E-state index contributed by atoms with van der Waals surface area (Å²) in [4.78, 5) is 7.50. The number of halogens is 2. The molecule has 7 heteroatoms. The molecule has 0 spiro atoms. The fourth-order valence-electron chi connectivity index (χ4n) is 1.35. The zero-order valence-corrected chi connectivity index (χ0v) is 12.9. The number of aromatic nitrogens is 2. The molecule has 3 rings (SSSR count). The van der Waals surface area contributed by atoms with Crippen LogP contribution in [0.1, 0.15) is 13.8 Å². The van der Waals surface area contributed by atoms with Crippen LogP contribution in [-0.4, -0.2) is 9.97 Å². The lowest BCUT2D eigenvalue weighted by atomic mass is 10.5. The fraction of sp³-hybridized carbons (Fsp3) is 0.182. The minimum Gasteiger partial charge on any atom is -0.323 e. The van der Waals surface area contributed by atoms with Gasteiger partial charge < -0.3 is 10.3 Å². The lowest BCUT2D eigenvalue weighted by Crippen LogP contribution is -1.91. The third-order valence-electron chi connectivity index (χ3n) is 2.07. The molecular weight excluding hydrogens is 309 g/mol. The van der Waals surface area contributed by atoms with Gasteiger partial charge in [0.15, 0.2) is 0 Å². The molecule has 0 fully saturated rings. The fourth-order valence-corrected chi connectivity index (χ4v) is 3.31. The first-order chi connectivity index (χ1) is 8.74. The Morgan fingerprint density at radius 1 is 1.22 bits per heavy atom. The number of H-pyrrole nitrogens is 1. The van der Waals surface area contributed by atoms with E-state index in [2.05, 4.69) is 15.3 Å². The van der Waals surface area contributed by atoms with Crippen LogP contribution in [0.4, 0.5) is 11.6 Å². The Morgan fingerprint density at radius 2 is 2.00 bits per heavy atom. The van der Waals surface area contributed by atoms with Crippen LogP contribution in [-0.2, 0) is 0 Å². The van der Waals surface area contributed by atoms with Gasteiger partial charge in [0, 0.05) is 16.1 Å². The molecule has 0 unspecified atom stereocenters. The Balaban J connectivity index is 0.000000574. The smallest absolute Gasteiger partial charge is 0.205 e. The van der Waals surface area contributed by atoms with E-state index in [0.29, 0.717) is 21.0 Å². The predicted molar refractivity (Wildman–Crippen MR) is 82.9 cm³/mol. The van der Waals surface area contributed by atoms with Gasteiger partial charge in [0.1, 0.15) is 9.85 Å². The van der Waals surface area contributed by atoms with Gasteiger partial charge in [0.25, 0.3) is 0 Å². The Morgan fingerprint density at radius 3 is 2.61 bits per heavy atom. The van der Waals surface area contributed by atoms with Gasteiger partial charge in [0.2, 0.25) is 5.95 Å². The minimum absolute atomic E-state index is 0.605. The standard InChI is InChI=1S/C9H5Cl2N3S2.C2H6/c10-4-1-16-8(11)7(4)14-9-12-5-2-15-3-6(5)13-9;1-2/h1-3H,(H2,12,13,14);1-2H3. The molecule has 0 radical (unpaired) electrons. The molecule has 0 amide bonds. The van der Waals surface area contributed by atoms with Crippen LogP contribution in [0, 0.1) is 0 Å². The van der Waals surface area contributed by atoms with Crippen molar-refractivity contribution in [1.29, 1.82) is 0 Å².